The lowest BCUT2D eigenvalue weighted by atomic mass is 9.53. The van der Waals surface area contributed by atoms with Crippen molar-refractivity contribution >= 4 is 11.6 Å². The molecular weight excluding hydrogens is 284 g/mol. The summed E-state index contributed by atoms with van der Waals surface area (Å²) in [5, 5.41) is 6.96. The molecule has 1 aromatic carbocycles. The van der Waals surface area contributed by atoms with Gasteiger partial charge in [0.25, 0.3) is 5.91 Å². The largest absolute Gasteiger partial charge is 0.385 e. The number of anilines is 1. The number of fused-ring (bicyclic) bond motifs is 1. The molecule has 1 heterocycles. The van der Waals surface area contributed by atoms with E-state index in [1.54, 1.807) is 0 Å². The zero-order valence-corrected chi connectivity index (χ0v) is 13.7. The normalized spacial score (nSPS) is 37.1. The maximum Gasteiger partial charge on any atom is 0.252 e. The molecule has 23 heavy (non-hydrogen) atoms. The zero-order valence-electron chi connectivity index (χ0n) is 13.7. The van der Waals surface area contributed by atoms with Gasteiger partial charge in [-0.3, -0.25) is 4.79 Å². The third kappa shape index (κ3) is 2.28. The van der Waals surface area contributed by atoms with E-state index in [1.165, 1.54) is 44.1 Å². The minimum Gasteiger partial charge on any atom is -0.385 e. The number of hydrogen-bond acceptors (Lipinski definition) is 2. The summed E-state index contributed by atoms with van der Waals surface area (Å²) in [4.78, 5) is 13.1. The molecule has 0 saturated heterocycles. The van der Waals surface area contributed by atoms with Crippen molar-refractivity contribution in [3.8, 4) is 0 Å². The van der Waals surface area contributed by atoms with Crippen LogP contribution in [0, 0.1) is 17.8 Å². The summed E-state index contributed by atoms with van der Waals surface area (Å²) >= 11 is 0. The summed E-state index contributed by atoms with van der Waals surface area (Å²) in [6.07, 6.45) is 10.1. The van der Waals surface area contributed by atoms with Crippen LogP contribution in [0.5, 0.6) is 0 Å². The van der Waals surface area contributed by atoms with Gasteiger partial charge in [-0.2, -0.15) is 0 Å². The summed E-state index contributed by atoms with van der Waals surface area (Å²) in [6.45, 7) is 1.02. The Kier molecular flexibility index (Phi) is 3.01. The standard InChI is InChI=1S/C20H26N2O/c23-19(17-3-1-5-18-16(17)4-2-6-21-18)22-20-10-13-7-14(11-20)9-15(8-13)12-20/h1,3,5,13-15,21H,2,4,6-12H2,(H,22,23). The van der Waals surface area contributed by atoms with E-state index in [1.807, 2.05) is 12.1 Å². The number of nitrogens with one attached hydrogen (secondary N) is 2. The van der Waals surface area contributed by atoms with Crippen molar-refractivity contribution in [2.24, 2.45) is 17.8 Å². The molecule has 0 spiro atoms. The Balaban J connectivity index is 1.42. The van der Waals surface area contributed by atoms with E-state index >= 15 is 0 Å². The third-order valence-corrected chi connectivity index (χ3v) is 6.76. The lowest BCUT2D eigenvalue weighted by Crippen LogP contribution is -2.59. The first-order valence-corrected chi connectivity index (χ1v) is 9.39. The first kappa shape index (κ1) is 13.9. The van der Waals surface area contributed by atoms with Gasteiger partial charge in [-0.15, -0.1) is 0 Å². The van der Waals surface area contributed by atoms with Crippen molar-refractivity contribution in [3.05, 3.63) is 29.3 Å². The predicted molar refractivity (Wildman–Crippen MR) is 91.6 cm³/mol. The van der Waals surface area contributed by atoms with E-state index in [0.29, 0.717) is 0 Å². The molecule has 4 saturated carbocycles. The molecule has 2 N–H and O–H groups in total. The fourth-order valence-corrected chi connectivity index (χ4v) is 6.29. The van der Waals surface area contributed by atoms with Gasteiger partial charge < -0.3 is 10.6 Å². The average molecular weight is 310 g/mol. The van der Waals surface area contributed by atoms with Crippen molar-refractivity contribution in [2.75, 3.05) is 11.9 Å². The maximum atomic E-state index is 13.1. The first-order valence-electron chi connectivity index (χ1n) is 9.39. The number of benzene rings is 1. The van der Waals surface area contributed by atoms with Crippen LogP contribution in [0.15, 0.2) is 18.2 Å². The molecule has 0 atom stereocenters. The van der Waals surface area contributed by atoms with Crippen LogP contribution in [0.25, 0.3) is 0 Å². The number of carbonyl (C=O) groups excluding carboxylic acids is 1. The molecule has 4 aliphatic carbocycles. The first-order chi connectivity index (χ1) is 11.2. The van der Waals surface area contributed by atoms with Crippen LogP contribution in [0.2, 0.25) is 0 Å². The fourth-order valence-electron chi connectivity index (χ4n) is 6.29. The minimum atomic E-state index is 0.108. The monoisotopic (exact) mass is 310 g/mol. The van der Waals surface area contributed by atoms with Gasteiger partial charge in [0.2, 0.25) is 0 Å². The molecule has 3 nitrogen and oxygen atoms in total. The molecule has 1 amide bonds. The smallest absolute Gasteiger partial charge is 0.252 e. The SMILES string of the molecule is O=C(NC12CC3CC(CC(C3)C1)C2)c1cccc2c1CCCN2. The van der Waals surface area contributed by atoms with Gasteiger partial charge in [0.05, 0.1) is 0 Å². The average Bonchev–Trinajstić information content (AvgIpc) is 2.52. The van der Waals surface area contributed by atoms with Crippen LogP contribution in [0.1, 0.15) is 60.9 Å². The van der Waals surface area contributed by atoms with Gasteiger partial charge in [-0.1, -0.05) is 6.07 Å². The summed E-state index contributed by atoms with van der Waals surface area (Å²) < 4.78 is 0. The Bertz CT molecular complexity index is 616. The van der Waals surface area contributed by atoms with Crippen LogP contribution < -0.4 is 10.6 Å². The Morgan fingerprint density at radius 1 is 1.09 bits per heavy atom. The van der Waals surface area contributed by atoms with Crippen molar-refractivity contribution < 1.29 is 4.79 Å². The highest BCUT2D eigenvalue weighted by Gasteiger charge is 2.51. The van der Waals surface area contributed by atoms with E-state index in [0.717, 1.165) is 48.4 Å². The van der Waals surface area contributed by atoms with Crippen LogP contribution in [-0.2, 0) is 6.42 Å². The number of carbonyl (C=O) groups is 1. The lowest BCUT2D eigenvalue weighted by Gasteiger charge is -2.56. The van der Waals surface area contributed by atoms with Gasteiger partial charge >= 0.3 is 0 Å². The van der Waals surface area contributed by atoms with Crippen molar-refractivity contribution in [1.29, 1.82) is 0 Å². The highest BCUT2D eigenvalue weighted by atomic mass is 16.1. The topological polar surface area (TPSA) is 41.1 Å². The highest BCUT2D eigenvalue weighted by Crippen LogP contribution is 2.55. The predicted octanol–water partition coefficient (Wildman–Crippen LogP) is 3.74. The van der Waals surface area contributed by atoms with Crippen molar-refractivity contribution in [3.63, 3.8) is 0 Å². The van der Waals surface area contributed by atoms with Gasteiger partial charge in [0.1, 0.15) is 0 Å². The second kappa shape index (κ2) is 4.99. The zero-order chi connectivity index (χ0) is 15.4. The molecule has 6 rings (SSSR count). The molecule has 0 aromatic heterocycles. The van der Waals surface area contributed by atoms with Gasteiger partial charge in [0.15, 0.2) is 0 Å². The Morgan fingerprint density at radius 2 is 1.78 bits per heavy atom. The molecule has 122 valence electrons. The minimum absolute atomic E-state index is 0.108. The molecule has 5 aliphatic rings. The molecule has 1 aliphatic heterocycles. The molecule has 4 bridgehead atoms. The van der Waals surface area contributed by atoms with Crippen LogP contribution in [0.3, 0.4) is 0 Å². The van der Waals surface area contributed by atoms with E-state index in [2.05, 4.69) is 16.7 Å². The van der Waals surface area contributed by atoms with Gasteiger partial charge in [0, 0.05) is 23.3 Å². The number of hydrogen-bond donors (Lipinski definition) is 2. The molecular formula is C20H26N2O. The van der Waals surface area contributed by atoms with Crippen molar-refractivity contribution in [2.45, 2.75) is 56.9 Å². The molecule has 0 unspecified atom stereocenters. The second-order valence-electron chi connectivity index (χ2n) is 8.51. The van der Waals surface area contributed by atoms with Crippen LogP contribution in [-0.4, -0.2) is 18.0 Å². The van der Waals surface area contributed by atoms with E-state index in [4.69, 9.17) is 0 Å². The summed E-state index contributed by atoms with van der Waals surface area (Å²) in [6, 6.07) is 6.14. The molecule has 4 fully saturated rings. The van der Waals surface area contributed by atoms with E-state index < -0.39 is 0 Å². The fraction of sp³-hybridized carbons (Fsp3) is 0.650. The van der Waals surface area contributed by atoms with Crippen molar-refractivity contribution in [1.82, 2.24) is 5.32 Å². The Morgan fingerprint density at radius 3 is 2.48 bits per heavy atom. The molecule has 3 heteroatoms. The molecule has 1 aromatic rings. The van der Waals surface area contributed by atoms with Gasteiger partial charge in [-0.05, 0) is 86.8 Å². The number of rotatable bonds is 2. The summed E-state index contributed by atoms with van der Waals surface area (Å²) in [5.74, 6) is 2.78. The van der Waals surface area contributed by atoms with E-state index in [9.17, 15) is 4.79 Å². The van der Waals surface area contributed by atoms with Gasteiger partial charge in [-0.25, -0.2) is 0 Å². The summed E-state index contributed by atoms with van der Waals surface area (Å²) in [5.41, 5.74) is 3.40. The third-order valence-electron chi connectivity index (χ3n) is 6.76. The Hall–Kier alpha value is -1.51. The van der Waals surface area contributed by atoms with E-state index in [-0.39, 0.29) is 11.4 Å². The highest BCUT2D eigenvalue weighted by molar-refractivity contribution is 5.97. The Labute approximate surface area is 138 Å². The lowest BCUT2D eigenvalue weighted by molar-refractivity contribution is -0.0167. The quantitative estimate of drug-likeness (QED) is 0.873. The van der Waals surface area contributed by atoms with Crippen LogP contribution >= 0.6 is 0 Å². The second-order valence-corrected chi connectivity index (χ2v) is 8.51. The van der Waals surface area contributed by atoms with Crippen LogP contribution in [0.4, 0.5) is 5.69 Å². The molecule has 0 radical (unpaired) electrons. The number of amides is 1. The maximum absolute atomic E-state index is 13.1. The summed E-state index contributed by atoms with van der Waals surface area (Å²) in [7, 11) is 0.